The van der Waals surface area contributed by atoms with Gasteiger partial charge in [0.05, 0.1) is 15.6 Å². The highest BCUT2D eigenvalue weighted by Gasteiger charge is 2.24. The maximum atomic E-state index is 12.0. The maximum Gasteiger partial charge on any atom is 0.264 e. The predicted molar refractivity (Wildman–Crippen MR) is 96.8 cm³/mol. The minimum Gasteiger partial charge on any atom is -0.504 e. The van der Waals surface area contributed by atoms with Crippen LogP contribution in [-0.2, 0) is 4.79 Å². The van der Waals surface area contributed by atoms with Crippen LogP contribution in [-0.4, -0.2) is 21.3 Å². The number of nitrogens with one attached hydrogen (secondary N) is 1. The van der Waals surface area contributed by atoms with E-state index in [2.05, 4.69) is 10.3 Å². The molecule has 3 N–H and O–H groups in total. The average molecular weight is 361 g/mol. The largest absolute Gasteiger partial charge is 0.504 e. The number of nitrogens with zero attached hydrogens (tertiary/aromatic N) is 1. The van der Waals surface area contributed by atoms with Crippen molar-refractivity contribution in [2.24, 2.45) is 4.99 Å². The Hall–Kier alpha value is -2.44. The van der Waals surface area contributed by atoms with E-state index in [4.69, 9.17) is 11.6 Å². The molecule has 1 heterocycles. The van der Waals surface area contributed by atoms with Gasteiger partial charge in [-0.15, -0.1) is 0 Å². The molecule has 1 amide bonds. The molecule has 3 rings (SSSR count). The van der Waals surface area contributed by atoms with Gasteiger partial charge in [-0.2, -0.15) is 0 Å². The van der Waals surface area contributed by atoms with Crippen molar-refractivity contribution in [2.45, 2.75) is 6.92 Å². The average Bonchev–Trinajstić information content (AvgIpc) is 2.87. The highest BCUT2D eigenvalue weighted by atomic mass is 35.5. The van der Waals surface area contributed by atoms with Crippen molar-refractivity contribution >= 4 is 46.2 Å². The third-order valence-electron chi connectivity index (χ3n) is 3.28. The van der Waals surface area contributed by atoms with Gasteiger partial charge in [-0.25, -0.2) is 4.99 Å². The number of aryl methyl sites for hydroxylation is 1. The SMILES string of the molecule is Cc1ccc(N=C2NC(=O)/C(=C\c3cc(O)c(O)c(Cl)c3)S2)cc1. The molecule has 0 aliphatic carbocycles. The van der Waals surface area contributed by atoms with Crippen molar-refractivity contribution in [2.75, 3.05) is 0 Å². The fraction of sp³-hybridized carbons (Fsp3) is 0.0588. The molecule has 24 heavy (non-hydrogen) atoms. The molecule has 0 atom stereocenters. The Morgan fingerprint density at radius 2 is 1.92 bits per heavy atom. The first-order valence-electron chi connectivity index (χ1n) is 7.00. The normalized spacial score (nSPS) is 17.5. The lowest BCUT2D eigenvalue weighted by molar-refractivity contribution is -0.115. The fourth-order valence-electron chi connectivity index (χ4n) is 2.06. The number of amides is 1. The minimum atomic E-state index is -0.385. The van der Waals surface area contributed by atoms with E-state index >= 15 is 0 Å². The van der Waals surface area contributed by atoms with Gasteiger partial charge in [-0.05, 0) is 54.6 Å². The van der Waals surface area contributed by atoms with Gasteiger partial charge in [0.1, 0.15) is 0 Å². The topological polar surface area (TPSA) is 81.9 Å². The number of amidine groups is 1. The monoisotopic (exact) mass is 360 g/mol. The third-order valence-corrected chi connectivity index (χ3v) is 4.48. The summed E-state index contributed by atoms with van der Waals surface area (Å²) in [6.45, 7) is 1.99. The molecule has 7 heteroatoms. The highest BCUT2D eigenvalue weighted by molar-refractivity contribution is 8.18. The summed E-state index contributed by atoms with van der Waals surface area (Å²) in [7, 11) is 0. The van der Waals surface area contributed by atoms with E-state index in [-0.39, 0.29) is 22.4 Å². The molecule has 1 saturated heterocycles. The first-order chi connectivity index (χ1) is 11.4. The Morgan fingerprint density at radius 1 is 1.21 bits per heavy atom. The van der Waals surface area contributed by atoms with E-state index in [9.17, 15) is 15.0 Å². The summed E-state index contributed by atoms with van der Waals surface area (Å²) < 4.78 is 0. The number of hydrogen-bond acceptors (Lipinski definition) is 5. The molecule has 1 aliphatic heterocycles. The van der Waals surface area contributed by atoms with Crippen molar-refractivity contribution in [1.29, 1.82) is 0 Å². The van der Waals surface area contributed by atoms with Gasteiger partial charge < -0.3 is 15.5 Å². The first kappa shape index (κ1) is 16.4. The number of aromatic hydroxyl groups is 2. The smallest absolute Gasteiger partial charge is 0.264 e. The molecule has 0 bridgehead atoms. The van der Waals surface area contributed by atoms with Crippen LogP contribution in [0.15, 0.2) is 46.3 Å². The van der Waals surface area contributed by atoms with Crippen molar-refractivity contribution in [3.63, 3.8) is 0 Å². The number of rotatable bonds is 2. The Labute approximate surface area is 147 Å². The van der Waals surface area contributed by atoms with E-state index in [1.807, 2.05) is 31.2 Å². The zero-order valence-corrected chi connectivity index (χ0v) is 14.1. The number of halogens is 1. The molecule has 0 saturated carbocycles. The van der Waals surface area contributed by atoms with Gasteiger partial charge in [0.2, 0.25) is 0 Å². The third kappa shape index (κ3) is 3.55. The fourth-order valence-corrected chi connectivity index (χ4v) is 3.12. The predicted octanol–water partition coefficient (Wildman–Crippen LogP) is 3.95. The molecule has 5 nitrogen and oxygen atoms in total. The van der Waals surface area contributed by atoms with Crippen LogP contribution in [0.5, 0.6) is 11.5 Å². The molecule has 122 valence electrons. The van der Waals surface area contributed by atoms with Crippen LogP contribution < -0.4 is 5.32 Å². The number of benzene rings is 2. The van der Waals surface area contributed by atoms with Crippen molar-refractivity contribution in [1.82, 2.24) is 5.32 Å². The van der Waals surface area contributed by atoms with Crippen LogP contribution in [0.1, 0.15) is 11.1 Å². The molecule has 2 aromatic rings. The summed E-state index contributed by atoms with van der Waals surface area (Å²) in [6, 6.07) is 10.4. The maximum absolute atomic E-state index is 12.0. The summed E-state index contributed by atoms with van der Waals surface area (Å²) in [5, 5.41) is 22.2. The molecular weight excluding hydrogens is 348 g/mol. The molecule has 2 aromatic carbocycles. The molecule has 0 radical (unpaired) electrons. The zero-order chi connectivity index (χ0) is 17.3. The van der Waals surface area contributed by atoms with Gasteiger partial charge in [-0.1, -0.05) is 29.3 Å². The minimum absolute atomic E-state index is 0.0128. The van der Waals surface area contributed by atoms with Crippen LogP contribution in [0.2, 0.25) is 5.02 Å². The van der Waals surface area contributed by atoms with Crippen LogP contribution >= 0.6 is 23.4 Å². The lowest BCUT2D eigenvalue weighted by Crippen LogP contribution is -2.19. The summed E-state index contributed by atoms with van der Waals surface area (Å²) in [5.41, 5.74) is 2.38. The van der Waals surface area contributed by atoms with E-state index < -0.39 is 0 Å². The number of aliphatic imine (C=N–C) groups is 1. The van der Waals surface area contributed by atoms with Gasteiger partial charge in [-0.3, -0.25) is 4.79 Å². The van der Waals surface area contributed by atoms with E-state index in [0.717, 1.165) is 11.3 Å². The van der Waals surface area contributed by atoms with E-state index in [0.29, 0.717) is 15.6 Å². The van der Waals surface area contributed by atoms with Gasteiger partial charge in [0.25, 0.3) is 5.91 Å². The second-order valence-electron chi connectivity index (χ2n) is 5.19. The number of carbonyl (C=O) groups is 1. The quantitative estimate of drug-likeness (QED) is 0.559. The lowest BCUT2D eigenvalue weighted by atomic mass is 10.2. The number of phenolic OH excluding ortho intramolecular Hbond substituents is 2. The Morgan fingerprint density at radius 3 is 2.58 bits per heavy atom. The number of carbonyl (C=O) groups excluding carboxylic acids is 1. The van der Waals surface area contributed by atoms with Crippen molar-refractivity contribution in [3.8, 4) is 11.5 Å². The molecule has 1 aliphatic rings. The standard InChI is InChI=1S/C17H13ClN2O3S/c1-9-2-4-11(5-3-9)19-17-20-16(23)14(24-17)8-10-6-12(18)15(22)13(21)7-10/h2-8,21-22H,1H3,(H,19,20,23)/b14-8+. The molecule has 1 fully saturated rings. The second kappa shape index (κ2) is 6.59. The van der Waals surface area contributed by atoms with Crippen molar-refractivity contribution < 1.29 is 15.0 Å². The van der Waals surface area contributed by atoms with Gasteiger partial charge >= 0.3 is 0 Å². The Balaban J connectivity index is 1.86. The van der Waals surface area contributed by atoms with Crippen LogP contribution in [0.3, 0.4) is 0 Å². The molecule has 0 aromatic heterocycles. The van der Waals surface area contributed by atoms with E-state index in [1.54, 1.807) is 6.08 Å². The Kier molecular flexibility index (Phi) is 4.51. The number of hydrogen-bond donors (Lipinski definition) is 3. The summed E-state index contributed by atoms with van der Waals surface area (Å²) >= 11 is 7.01. The first-order valence-corrected chi connectivity index (χ1v) is 8.19. The summed E-state index contributed by atoms with van der Waals surface area (Å²) in [5.74, 6) is -1.01. The number of thioether (sulfide) groups is 1. The highest BCUT2D eigenvalue weighted by Crippen LogP contribution is 2.36. The number of phenols is 2. The molecule has 0 spiro atoms. The van der Waals surface area contributed by atoms with E-state index in [1.165, 1.54) is 23.9 Å². The summed E-state index contributed by atoms with van der Waals surface area (Å²) in [6.07, 6.45) is 1.57. The lowest BCUT2D eigenvalue weighted by Gasteiger charge is -2.02. The van der Waals surface area contributed by atoms with Crippen LogP contribution in [0.4, 0.5) is 5.69 Å². The van der Waals surface area contributed by atoms with Gasteiger partial charge in [0, 0.05) is 0 Å². The van der Waals surface area contributed by atoms with Crippen LogP contribution in [0.25, 0.3) is 6.08 Å². The molecular formula is C17H13ClN2O3S. The second-order valence-corrected chi connectivity index (χ2v) is 6.63. The van der Waals surface area contributed by atoms with Crippen LogP contribution in [0, 0.1) is 6.92 Å². The van der Waals surface area contributed by atoms with Gasteiger partial charge in [0.15, 0.2) is 16.7 Å². The zero-order valence-electron chi connectivity index (χ0n) is 12.6. The molecule has 0 unspecified atom stereocenters. The summed E-state index contributed by atoms with van der Waals surface area (Å²) in [4.78, 5) is 16.8. The Bertz CT molecular complexity index is 853. The van der Waals surface area contributed by atoms with Crippen molar-refractivity contribution in [3.05, 3.63) is 57.5 Å².